The number of fused-ring (bicyclic) bond motifs is 2. The van der Waals surface area contributed by atoms with Crippen molar-refractivity contribution in [2.45, 2.75) is 71.6 Å². The molecule has 0 spiro atoms. The zero-order valence-electron chi connectivity index (χ0n) is 23.1. The minimum absolute atomic E-state index is 0.158. The van der Waals surface area contributed by atoms with Gasteiger partial charge in [0.1, 0.15) is 5.78 Å². The molecule has 0 bridgehead atoms. The number of anilines is 1. The van der Waals surface area contributed by atoms with Crippen LogP contribution >= 0.6 is 0 Å². The van der Waals surface area contributed by atoms with E-state index >= 15 is 0 Å². The first kappa shape index (κ1) is 26.6. The fourth-order valence-electron chi connectivity index (χ4n) is 5.74. The molecule has 0 saturated carbocycles. The number of ketones is 2. The average Bonchev–Trinajstić information content (AvgIpc) is 3.23. The van der Waals surface area contributed by atoms with Crippen molar-refractivity contribution in [1.29, 1.82) is 0 Å². The zero-order valence-corrected chi connectivity index (χ0v) is 23.1. The third kappa shape index (κ3) is 4.92. The van der Waals surface area contributed by atoms with Gasteiger partial charge < -0.3 is 4.90 Å². The minimum atomic E-state index is -0.191. The van der Waals surface area contributed by atoms with E-state index in [2.05, 4.69) is 105 Å². The molecule has 37 heavy (non-hydrogen) atoms. The number of Topliss-reactive ketones (excluding diaryl/α,β-unsaturated/α-hetero) is 2. The Bertz CT molecular complexity index is 1330. The summed E-state index contributed by atoms with van der Waals surface area (Å²) in [7, 11) is 0. The van der Waals surface area contributed by atoms with E-state index in [9.17, 15) is 9.59 Å². The molecular weight excluding hydrogens is 454 g/mol. The summed E-state index contributed by atoms with van der Waals surface area (Å²) in [4.78, 5) is 27.0. The van der Waals surface area contributed by atoms with Gasteiger partial charge in [-0.25, -0.2) is 0 Å². The van der Waals surface area contributed by atoms with Crippen LogP contribution in [0.4, 0.5) is 5.69 Å². The maximum Gasteiger partial charge on any atom is 0.152 e. The van der Waals surface area contributed by atoms with Gasteiger partial charge in [0.05, 0.1) is 6.54 Å². The van der Waals surface area contributed by atoms with Gasteiger partial charge in [-0.15, -0.1) is 0 Å². The number of carbonyl (C=O) groups excluding carboxylic acids is 2. The second-order valence-corrected chi connectivity index (χ2v) is 11.0. The van der Waals surface area contributed by atoms with Gasteiger partial charge in [0, 0.05) is 41.5 Å². The Morgan fingerprint density at radius 2 is 1.43 bits per heavy atom. The summed E-state index contributed by atoms with van der Waals surface area (Å²) in [6.07, 6.45) is 12.0. The molecule has 1 aliphatic heterocycles. The van der Waals surface area contributed by atoms with Crippen molar-refractivity contribution in [3.63, 3.8) is 0 Å². The van der Waals surface area contributed by atoms with Crippen LogP contribution < -0.4 is 4.90 Å². The normalized spacial score (nSPS) is 18.8. The Morgan fingerprint density at radius 3 is 2.14 bits per heavy atom. The van der Waals surface area contributed by atoms with E-state index in [1.807, 2.05) is 19.9 Å². The van der Waals surface area contributed by atoms with Gasteiger partial charge in [-0.3, -0.25) is 9.59 Å². The second-order valence-electron chi connectivity index (χ2n) is 11.0. The summed E-state index contributed by atoms with van der Waals surface area (Å²) < 4.78 is 0. The van der Waals surface area contributed by atoms with Gasteiger partial charge in [0.25, 0.3) is 0 Å². The SMILES string of the molecule is CCC(=O)CC1=C(/C=C/C=C/C=C2/N(CC(=O)CC)c3ccccc3C2(C)C)C(C)(C)c2ccccc21. The number of hydrogen-bond acceptors (Lipinski definition) is 3. The molecule has 0 fully saturated rings. The van der Waals surface area contributed by atoms with Gasteiger partial charge in [0.2, 0.25) is 0 Å². The fraction of sp³-hybridized carbons (Fsp3) is 0.353. The lowest BCUT2D eigenvalue weighted by atomic mass is 9.81. The van der Waals surface area contributed by atoms with Crippen molar-refractivity contribution < 1.29 is 9.59 Å². The quantitative estimate of drug-likeness (QED) is 0.334. The Labute approximate surface area is 222 Å². The smallest absolute Gasteiger partial charge is 0.152 e. The van der Waals surface area contributed by atoms with Crippen LogP contribution in [-0.4, -0.2) is 18.1 Å². The average molecular weight is 494 g/mol. The van der Waals surface area contributed by atoms with Crippen LogP contribution in [-0.2, 0) is 20.4 Å². The van der Waals surface area contributed by atoms with E-state index in [1.165, 1.54) is 22.3 Å². The second kappa shape index (κ2) is 10.5. The first-order chi connectivity index (χ1) is 17.6. The third-order valence-corrected chi connectivity index (χ3v) is 7.96. The molecule has 2 aromatic rings. The van der Waals surface area contributed by atoms with E-state index < -0.39 is 0 Å². The third-order valence-electron chi connectivity index (χ3n) is 7.96. The number of para-hydroxylation sites is 1. The van der Waals surface area contributed by atoms with Gasteiger partial charge in [-0.2, -0.15) is 0 Å². The van der Waals surface area contributed by atoms with Crippen molar-refractivity contribution >= 4 is 22.8 Å². The molecule has 0 amide bonds. The molecule has 0 radical (unpaired) electrons. The molecule has 1 heterocycles. The van der Waals surface area contributed by atoms with Gasteiger partial charge in [0.15, 0.2) is 5.78 Å². The van der Waals surface area contributed by atoms with Crippen LogP contribution in [0.2, 0.25) is 0 Å². The van der Waals surface area contributed by atoms with Crippen molar-refractivity contribution in [1.82, 2.24) is 0 Å². The van der Waals surface area contributed by atoms with Crippen LogP contribution in [0.1, 0.15) is 77.5 Å². The summed E-state index contributed by atoms with van der Waals surface area (Å²) in [5.41, 5.74) is 7.97. The van der Waals surface area contributed by atoms with Gasteiger partial charge in [-0.1, -0.05) is 108 Å². The van der Waals surface area contributed by atoms with Gasteiger partial charge in [-0.05, 0) is 40.0 Å². The summed E-state index contributed by atoms with van der Waals surface area (Å²) in [6, 6.07) is 16.8. The highest BCUT2D eigenvalue weighted by atomic mass is 16.1. The molecule has 3 nitrogen and oxygen atoms in total. The van der Waals surface area contributed by atoms with Crippen molar-refractivity contribution in [2.75, 3.05) is 11.4 Å². The minimum Gasteiger partial charge on any atom is -0.337 e. The molecule has 2 aromatic carbocycles. The largest absolute Gasteiger partial charge is 0.337 e. The molecule has 4 rings (SSSR count). The lowest BCUT2D eigenvalue weighted by Gasteiger charge is -2.26. The zero-order chi connectivity index (χ0) is 26.8. The maximum atomic E-state index is 12.4. The van der Waals surface area contributed by atoms with Crippen molar-refractivity contribution in [3.8, 4) is 0 Å². The van der Waals surface area contributed by atoms with Crippen molar-refractivity contribution in [2.24, 2.45) is 0 Å². The summed E-state index contributed by atoms with van der Waals surface area (Å²) in [6.45, 7) is 13.2. The van der Waals surface area contributed by atoms with E-state index in [0.717, 1.165) is 17.0 Å². The number of nitrogens with zero attached hydrogens (tertiary/aromatic N) is 1. The van der Waals surface area contributed by atoms with E-state index in [-0.39, 0.29) is 22.4 Å². The first-order valence-electron chi connectivity index (χ1n) is 13.4. The molecule has 0 N–H and O–H groups in total. The highest BCUT2D eigenvalue weighted by molar-refractivity contribution is 5.95. The predicted octanol–water partition coefficient (Wildman–Crippen LogP) is 7.87. The van der Waals surface area contributed by atoms with Crippen LogP contribution in [0.25, 0.3) is 5.57 Å². The first-order valence-corrected chi connectivity index (χ1v) is 13.4. The molecule has 3 heteroatoms. The molecule has 0 atom stereocenters. The van der Waals surface area contributed by atoms with Crippen LogP contribution in [0.5, 0.6) is 0 Å². The maximum absolute atomic E-state index is 12.4. The van der Waals surface area contributed by atoms with Crippen LogP contribution in [0.15, 0.2) is 90.2 Å². The standard InChI is InChI=1S/C34H39NO2/c1-7-24(36)22-27-26-16-12-13-18-28(26)33(3,4)29(27)17-10-9-11-21-32-34(5,6)30-19-14-15-20-31(30)35(32)23-25(37)8-2/h9-21H,7-8,22-23H2,1-6H3/b11-9+,17-10+,32-21+. The fourth-order valence-corrected chi connectivity index (χ4v) is 5.74. The van der Waals surface area contributed by atoms with E-state index in [0.29, 0.717) is 25.8 Å². The number of benzene rings is 2. The predicted molar refractivity (Wildman–Crippen MR) is 155 cm³/mol. The summed E-state index contributed by atoms with van der Waals surface area (Å²) >= 11 is 0. The van der Waals surface area contributed by atoms with E-state index in [4.69, 9.17) is 0 Å². The van der Waals surface area contributed by atoms with E-state index in [1.54, 1.807) is 0 Å². The van der Waals surface area contributed by atoms with Crippen molar-refractivity contribution in [3.05, 3.63) is 107 Å². The molecule has 2 aliphatic rings. The molecule has 1 aliphatic carbocycles. The lowest BCUT2D eigenvalue weighted by molar-refractivity contribution is -0.118. The molecule has 0 saturated heterocycles. The Balaban J connectivity index is 1.65. The Hall–Kier alpha value is -3.46. The van der Waals surface area contributed by atoms with Crippen LogP contribution in [0, 0.1) is 0 Å². The molecular formula is C34H39NO2. The Kier molecular flexibility index (Phi) is 7.54. The number of hydrogen-bond donors (Lipinski definition) is 0. The Morgan fingerprint density at radius 1 is 0.784 bits per heavy atom. The number of allylic oxidation sites excluding steroid dienone is 8. The highest BCUT2D eigenvalue weighted by Crippen LogP contribution is 2.49. The number of carbonyl (C=O) groups is 2. The number of rotatable bonds is 9. The lowest BCUT2D eigenvalue weighted by Crippen LogP contribution is -2.30. The monoisotopic (exact) mass is 493 g/mol. The highest BCUT2D eigenvalue weighted by Gasteiger charge is 2.40. The molecule has 0 aromatic heterocycles. The molecule has 0 unspecified atom stereocenters. The molecule has 192 valence electrons. The summed E-state index contributed by atoms with van der Waals surface area (Å²) in [5, 5.41) is 0. The van der Waals surface area contributed by atoms with Gasteiger partial charge >= 0.3 is 0 Å². The van der Waals surface area contributed by atoms with Crippen LogP contribution in [0.3, 0.4) is 0 Å². The summed E-state index contributed by atoms with van der Waals surface area (Å²) in [5.74, 6) is 0.491. The topological polar surface area (TPSA) is 37.4 Å².